The van der Waals surface area contributed by atoms with E-state index >= 15 is 0 Å². The molecular weight excluding hydrogens is 298 g/mol. The first-order valence-corrected chi connectivity index (χ1v) is 8.21. The van der Waals surface area contributed by atoms with Gasteiger partial charge in [0.2, 0.25) is 0 Å². The molecule has 0 aliphatic heterocycles. The van der Waals surface area contributed by atoms with Crippen molar-refractivity contribution >= 4 is 22.4 Å². The van der Waals surface area contributed by atoms with E-state index in [1.165, 1.54) is 0 Å². The Balaban J connectivity index is 1.71. The molecule has 0 saturated carbocycles. The molecule has 3 aromatic rings. The minimum atomic E-state index is -0.566. The first kappa shape index (κ1) is 16.1. The highest BCUT2D eigenvalue weighted by molar-refractivity contribution is 5.96. The lowest BCUT2D eigenvalue weighted by atomic mass is 10.1. The molecular formula is C21H21NO2. The number of carbonyl (C=O) groups is 1. The summed E-state index contributed by atoms with van der Waals surface area (Å²) in [7, 11) is 0. The maximum Gasteiger partial charge on any atom is 0.265 e. The molecule has 0 heterocycles. The van der Waals surface area contributed by atoms with Crippen LogP contribution in [-0.4, -0.2) is 12.0 Å². The highest BCUT2D eigenvalue weighted by atomic mass is 16.5. The normalized spacial score (nSPS) is 11.9. The molecule has 0 bridgehead atoms. The van der Waals surface area contributed by atoms with E-state index in [1.807, 2.05) is 66.7 Å². The fraction of sp³-hybridized carbons (Fsp3) is 0.190. The number of ether oxygens (including phenoxy) is 1. The van der Waals surface area contributed by atoms with E-state index in [4.69, 9.17) is 4.74 Å². The van der Waals surface area contributed by atoms with Crippen molar-refractivity contribution in [3.63, 3.8) is 0 Å². The minimum Gasteiger partial charge on any atom is -0.481 e. The highest BCUT2D eigenvalue weighted by Crippen LogP contribution is 2.21. The first-order valence-electron chi connectivity index (χ1n) is 8.21. The Morgan fingerprint density at radius 2 is 1.71 bits per heavy atom. The summed E-state index contributed by atoms with van der Waals surface area (Å²) < 4.78 is 5.85. The molecule has 1 amide bonds. The summed E-state index contributed by atoms with van der Waals surface area (Å²) in [6, 6.07) is 21.8. The van der Waals surface area contributed by atoms with E-state index in [9.17, 15) is 4.79 Å². The quantitative estimate of drug-likeness (QED) is 0.733. The molecule has 24 heavy (non-hydrogen) atoms. The number of aryl methyl sites for hydroxylation is 1. The number of amides is 1. The molecule has 3 heteroatoms. The standard InChI is InChI=1S/C21H21NO2/c1-3-16-8-6-7-11-20(16)24-15(2)21(23)22-19-13-12-17-9-4-5-10-18(17)14-19/h4-15H,3H2,1-2H3,(H,22,23)/t15-/m0/s1. The van der Waals surface area contributed by atoms with Crippen molar-refractivity contribution in [1.82, 2.24) is 0 Å². The lowest BCUT2D eigenvalue weighted by molar-refractivity contribution is -0.122. The number of benzene rings is 3. The molecule has 0 aliphatic rings. The van der Waals surface area contributed by atoms with Crippen LogP contribution in [0.3, 0.4) is 0 Å². The molecule has 3 aromatic carbocycles. The van der Waals surface area contributed by atoms with Crippen LogP contribution >= 0.6 is 0 Å². The second kappa shape index (κ2) is 7.18. The van der Waals surface area contributed by atoms with Gasteiger partial charge in [-0.1, -0.05) is 55.5 Å². The zero-order chi connectivity index (χ0) is 16.9. The molecule has 3 rings (SSSR count). The molecule has 0 aliphatic carbocycles. The van der Waals surface area contributed by atoms with Gasteiger partial charge in [0, 0.05) is 5.69 Å². The SMILES string of the molecule is CCc1ccccc1O[C@@H](C)C(=O)Nc1ccc2ccccc2c1. The van der Waals surface area contributed by atoms with E-state index < -0.39 is 6.10 Å². The van der Waals surface area contributed by atoms with E-state index in [1.54, 1.807) is 6.92 Å². The number of para-hydroxylation sites is 1. The summed E-state index contributed by atoms with van der Waals surface area (Å²) in [5, 5.41) is 5.17. The maximum atomic E-state index is 12.4. The van der Waals surface area contributed by atoms with Crippen molar-refractivity contribution in [2.24, 2.45) is 0 Å². The summed E-state index contributed by atoms with van der Waals surface area (Å²) in [5.74, 6) is 0.609. The van der Waals surface area contributed by atoms with E-state index in [-0.39, 0.29) is 5.91 Å². The van der Waals surface area contributed by atoms with Gasteiger partial charge in [-0.2, -0.15) is 0 Å². The Labute approximate surface area is 142 Å². The van der Waals surface area contributed by atoms with Crippen LogP contribution in [0.15, 0.2) is 66.7 Å². The zero-order valence-electron chi connectivity index (χ0n) is 14.0. The van der Waals surface area contributed by atoms with Gasteiger partial charge < -0.3 is 10.1 Å². The van der Waals surface area contributed by atoms with E-state index in [0.29, 0.717) is 0 Å². The third-order valence-electron chi connectivity index (χ3n) is 4.04. The predicted octanol–water partition coefficient (Wildman–Crippen LogP) is 4.81. The Hall–Kier alpha value is -2.81. The van der Waals surface area contributed by atoms with Gasteiger partial charge in [0.1, 0.15) is 5.75 Å². The average molecular weight is 319 g/mol. The summed E-state index contributed by atoms with van der Waals surface area (Å²) >= 11 is 0. The van der Waals surface area contributed by atoms with Gasteiger partial charge in [0.25, 0.3) is 5.91 Å². The first-order chi connectivity index (χ1) is 11.7. The van der Waals surface area contributed by atoms with Crippen molar-refractivity contribution in [3.8, 4) is 5.75 Å². The van der Waals surface area contributed by atoms with Crippen molar-refractivity contribution < 1.29 is 9.53 Å². The van der Waals surface area contributed by atoms with Crippen LogP contribution in [0.5, 0.6) is 5.75 Å². The third kappa shape index (κ3) is 3.57. The van der Waals surface area contributed by atoms with Crippen molar-refractivity contribution in [1.29, 1.82) is 0 Å². The summed E-state index contributed by atoms with van der Waals surface area (Å²) in [6.45, 7) is 3.84. The van der Waals surface area contributed by atoms with Crippen LogP contribution in [0.2, 0.25) is 0 Å². The monoisotopic (exact) mass is 319 g/mol. The average Bonchev–Trinajstić information content (AvgIpc) is 2.62. The molecule has 3 nitrogen and oxygen atoms in total. The Kier molecular flexibility index (Phi) is 4.80. The Bertz CT molecular complexity index is 857. The number of hydrogen-bond donors (Lipinski definition) is 1. The predicted molar refractivity (Wildman–Crippen MR) is 98.5 cm³/mol. The lowest BCUT2D eigenvalue weighted by Crippen LogP contribution is -2.30. The largest absolute Gasteiger partial charge is 0.481 e. The second-order valence-electron chi connectivity index (χ2n) is 5.77. The highest BCUT2D eigenvalue weighted by Gasteiger charge is 2.16. The van der Waals surface area contributed by atoms with Gasteiger partial charge in [-0.05, 0) is 47.9 Å². The minimum absolute atomic E-state index is 0.156. The zero-order valence-corrected chi connectivity index (χ0v) is 14.0. The number of anilines is 1. The lowest BCUT2D eigenvalue weighted by Gasteiger charge is -2.17. The van der Waals surface area contributed by atoms with Gasteiger partial charge in [-0.3, -0.25) is 4.79 Å². The molecule has 0 spiro atoms. The van der Waals surface area contributed by atoms with Crippen LogP contribution in [0.4, 0.5) is 5.69 Å². The summed E-state index contributed by atoms with van der Waals surface area (Å²) in [6.07, 6.45) is 0.305. The molecule has 122 valence electrons. The number of fused-ring (bicyclic) bond motifs is 1. The molecule has 0 saturated heterocycles. The second-order valence-corrected chi connectivity index (χ2v) is 5.77. The van der Waals surface area contributed by atoms with Crippen LogP contribution in [0, 0.1) is 0 Å². The third-order valence-corrected chi connectivity index (χ3v) is 4.04. The molecule has 0 aromatic heterocycles. The number of carbonyl (C=O) groups excluding carboxylic acids is 1. The van der Waals surface area contributed by atoms with Gasteiger partial charge in [0.05, 0.1) is 0 Å². The topological polar surface area (TPSA) is 38.3 Å². The van der Waals surface area contributed by atoms with Gasteiger partial charge in [0.15, 0.2) is 6.10 Å². The molecule has 0 fully saturated rings. The van der Waals surface area contributed by atoms with Gasteiger partial charge >= 0.3 is 0 Å². The Morgan fingerprint density at radius 1 is 1.00 bits per heavy atom. The van der Waals surface area contributed by atoms with Crippen molar-refractivity contribution in [3.05, 3.63) is 72.3 Å². The van der Waals surface area contributed by atoms with Gasteiger partial charge in [-0.25, -0.2) is 0 Å². The molecule has 1 N–H and O–H groups in total. The number of nitrogens with one attached hydrogen (secondary N) is 1. The molecule has 0 unspecified atom stereocenters. The fourth-order valence-corrected chi connectivity index (χ4v) is 2.67. The van der Waals surface area contributed by atoms with E-state index in [2.05, 4.69) is 12.2 Å². The molecule has 0 radical (unpaired) electrons. The fourth-order valence-electron chi connectivity index (χ4n) is 2.67. The summed E-state index contributed by atoms with van der Waals surface area (Å²) in [5.41, 5.74) is 1.88. The van der Waals surface area contributed by atoms with Crippen LogP contribution < -0.4 is 10.1 Å². The summed E-state index contributed by atoms with van der Waals surface area (Å²) in [4.78, 5) is 12.4. The van der Waals surface area contributed by atoms with E-state index in [0.717, 1.165) is 34.2 Å². The van der Waals surface area contributed by atoms with Gasteiger partial charge in [-0.15, -0.1) is 0 Å². The Morgan fingerprint density at radius 3 is 2.50 bits per heavy atom. The number of hydrogen-bond acceptors (Lipinski definition) is 2. The maximum absolute atomic E-state index is 12.4. The van der Waals surface area contributed by atoms with Crippen LogP contribution in [0.25, 0.3) is 10.8 Å². The number of rotatable bonds is 5. The van der Waals surface area contributed by atoms with Crippen LogP contribution in [-0.2, 0) is 11.2 Å². The van der Waals surface area contributed by atoms with Crippen LogP contribution in [0.1, 0.15) is 19.4 Å². The van der Waals surface area contributed by atoms with Crippen molar-refractivity contribution in [2.45, 2.75) is 26.4 Å². The van der Waals surface area contributed by atoms with Crippen molar-refractivity contribution in [2.75, 3.05) is 5.32 Å². The molecule has 1 atom stereocenters. The smallest absolute Gasteiger partial charge is 0.265 e.